The fourth-order valence-corrected chi connectivity index (χ4v) is 4.49. The molecular formula is C21H24FN7O2. The number of amides is 1. The van der Waals surface area contributed by atoms with E-state index in [4.69, 9.17) is 4.63 Å². The van der Waals surface area contributed by atoms with E-state index >= 15 is 0 Å². The maximum absolute atomic E-state index is 13.6. The van der Waals surface area contributed by atoms with Crippen LogP contribution in [0.25, 0.3) is 10.9 Å². The highest BCUT2D eigenvalue weighted by Gasteiger charge is 2.36. The zero-order valence-electron chi connectivity index (χ0n) is 17.6. The molecule has 2 aliphatic rings. The summed E-state index contributed by atoms with van der Waals surface area (Å²) in [5, 5.41) is 8.50. The third kappa shape index (κ3) is 3.55. The van der Waals surface area contributed by atoms with Gasteiger partial charge in [-0.1, -0.05) is 5.16 Å². The Hall–Kier alpha value is -3.30. The van der Waals surface area contributed by atoms with Crippen molar-refractivity contribution in [3.63, 3.8) is 0 Å². The second-order valence-electron chi connectivity index (χ2n) is 8.11. The number of hydrogen-bond acceptors (Lipinski definition) is 8. The van der Waals surface area contributed by atoms with Gasteiger partial charge in [0, 0.05) is 38.1 Å². The second kappa shape index (κ2) is 7.75. The number of piperazine rings is 1. The van der Waals surface area contributed by atoms with Gasteiger partial charge in [-0.2, -0.15) is 0 Å². The maximum atomic E-state index is 13.6. The molecule has 3 aromatic rings. The SMILES string of the molecule is Cc1nonc1N1CCN(C(=O)C2CCCN2c2nc(C)c3cc(F)ccc3n2)CC1. The zero-order chi connectivity index (χ0) is 21.5. The van der Waals surface area contributed by atoms with Gasteiger partial charge in [-0.25, -0.2) is 19.0 Å². The van der Waals surface area contributed by atoms with Crippen LogP contribution in [0.15, 0.2) is 22.8 Å². The van der Waals surface area contributed by atoms with E-state index in [9.17, 15) is 9.18 Å². The van der Waals surface area contributed by atoms with Crippen LogP contribution in [0.2, 0.25) is 0 Å². The van der Waals surface area contributed by atoms with Crippen molar-refractivity contribution >= 4 is 28.6 Å². The van der Waals surface area contributed by atoms with Crippen LogP contribution in [0.3, 0.4) is 0 Å². The van der Waals surface area contributed by atoms with Crippen molar-refractivity contribution in [3.05, 3.63) is 35.4 Å². The molecule has 0 saturated carbocycles. The molecule has 2 aliphatic heterocycles. The van der Waals surface area contributed by atoms with Crippen LogP contribution in [0.4, 0.5) is 16.2 Å². The van der Waals surface area contributed by atoms with Crippen LogP contribution in [-0.4, -0.2) is 69.9 Å². The van der Waals surface area contributed by atoms with Crippen molar-refractivity contribution in [2.45, 2.75) is 32.7 Å². The Morgan fingerprint density at radius 1 is 1.06 bits per heavy atom. The topological polar surface area (TPSA) is 91.5 Å². The monoisotopic (exact) mass is 425 g/mol. The van der Waals surface area contributed by atoms with Gasteiger partial charge in [-0.15, -0.1) is 0 Å². The highest BCUT2D eigenvalue weighted by molar-refractivity contribution is 5.87. The number of carbonyl (C=O) groups excluding carboxylic acids is 1. The molecule has 2 aromatic heterocycles. The van der Waals surface area contributed by atoms with Gasteiger partial charge in [-0.05, 0) is 50.0 Å². The Kier molecular flexibility index (Phi) is 4.91. The normalized spacial score (nSPS) is 19.5. The van der Waals surface area contributed by atoms with Gasteiger partial charge in [0.05, 0.1) is 11.2 Å². The molecule has 0 aliphatic carbocycles. The van der Waals surface area contributed by atoms with E-state index in [2.05, 4.69) is 25.2 Å². The molecule has 31 heavy (non-hydrogen) atoms. The predicted octanol–water partition coefficient (Wildman–Crippen LogP) is 2.09. The molecule has 0 bridgehead atoms. The third-order valence-electron chi connectivity index (χ3n) is 6.15. The van der Waals surface area contributed by atoms with E-state index < -0.39 is 0 Å². The summed E-state index contributed by atoms with van der Waals surface area (Å²) < 4.78 is 18.4. The average Bonchev–Trinajstić information content (AvgIpc) is 3.43. The molecule has 2 fully saturated rings. The predicted molar refractivity (Wildman–Crippen MR) is 112 cm³/mol. The van der Waals surface area contributed by atoms with E-state index in [1.54, 1.807) is 6.07 Å². The largest absolute Gasteiger partial charge is 0.349 e. The lowest BCUT2D eigenvalue weighted by molar-refractivity contribution is -0.132. The van der Waals surface area contributed by atoms with Crippen LogP contribution in [0.5, 0.6) is 0 Å². The van der Waals surface area contributed by atoms with Crippen molar-refractivity contribution in [3.8, 4) is 0 Å². The number of hydrogen-bond donors (Lipinski definition) is 0. The summed E-state index contributed by atoms with van der Waals surface area (Å²) in [7, 11) is 0. The van der Waals surface area contributed by atoms with Gasteiger partial charge in [0.2, 0.25) is 11.9 Å². The summed E-state index contributed by atoms with van der Waals surface area (Å²) >= 11 is 0. The van der Waals surface area contributed by atoms with Crippen molar-refractivity contribution in [1.82, 2.24) is 25.2 Å². The zero-order valence-corrected chi connectivity index (χ0v) is 17.6. The number of nitrogens with zero attached hydrogens (tertiary/aromatic N) is 7. The van der Waals surface area contributed by atoms with E-state index in [-0.39, 0.29) is 17.8 Å². The summed E-state index contributed by atoms with van der Waals surface area (Å²) in [6, 6.07) is 4.23. The minimum atomic E-state index is -0.308. The van der Waals surface area contributed by atoms with Gasteiger partial charge >= 0.3 is 0 Å². The molecule has 4 heterocycles. The Balaban J connectivity index is 1.33. The first-order valence-corrected chi connectivity index (χ1v) is 10.5. The van der Waals surface area contributed by atoms with Crippen LogP contribution in [0, 0.1) is 19.7 Å². The Labute approximate surface area is 178 Å². The Morgan fingerprint density at radius 2 is 1.87 bits per heavy atom. The van der Waals surface area contributed by atoms with Crippen molar-refractivity contribution < 1.29 is 13.8 Å². The first-order valence-electron chi connectivity index (χ1n) is 10.5. The average molecular weight is 425 g/mol. The molecule has 0 spiro atoms. The minimum Gasteiger partial charge on any atom is -0.349 e. The number of aromatic nitrogens is 4. The number of rotatable bonds is 3. The van der Waals surface area contributed by atoms with Crippen molar-refractivity contribution in [2.24, 2.45) is 0 Å². The van der Waals surface area contributed by atoms with Crippen molar-refractivity contribution in [2.75, 3.05) is 42.5 Å². The number of anilines is 2. The third-order valence-corrected chi connectivity index (χ3v) is 6.15. The fourth-order valence-electron chi connectivity index (χ4n) is 4.49. The molecule has 1 amide bonds. The summed E-state index contributed by atoms with van der Waals surface area (Å²) in [4.78, 5) is 28.6. The smallest absolute Gasteiger partial charge is 0.245 e. The number of fused-ring (bicyclic) bond motifs is 1. The maximum Gasteiger partial charge on any atom is 0.245 e. The van der Waals surface area contributed by atoms with Gasteiger partial charge in [0.1, 0.15) is 17.6 Å². The van der Waals surface area contributed by atoms with Crippen LogP contribution < -0.4 is 9.80 Å². The molecular weight excluding hydrogens is 401 g/mol. The van der Waals surface area contributed by atoms with Gasteiger partial charge in [-0.3, -0.25) is 4.79 Å². The van der Waals surface area contributed by atoms with Crippen molar-refractivity contribution in [1.29, 1.82) is 0 Å². The number of aryl methyl sites for hydroxylation is 2. The molecule has 10 heteroatoms. The van der Waals surface area contributed by atoms with E-state index in [0.29, 0.717) is 48.7 Å². The fraction of sp³-hybridized carbons (Fsp3) is 0.476. The summed E-state index contributed by atoms with van der Waals surface area (Å²) in [6.45, 7) is 7.04. The highest BCUT2D eigenvalue weighted by Crippen LogP contribution is 2.28. The van der Waals surface area contributed by atoms with E-state index in [1.165, 1.54) is 12.1 Å². The quantitative estimate of drug-likeness (QED) is 0.630. The number of halogens is 1. The lowest BCUT2D eigenvalue weighted by Crippen LogP contribution is -2.54. The van der Waals surface area contributed by atoms with Crippen LogP contribution in [-0.2, 0) is 4.79 Å². The Morgan fingerprint density at radius 3 is 2.61 bits per heavy atom. The highest BCUT2D eigenvalue weighted by atomic mass is 19.1. The second-order valence-corrected chi connectivity index (χ2v) is 8.11. The van der Waals surface area contributed by atoms with Gasteiger partial charge in [0.25, 0.3) is 0 Å². The summed E-state index contributed by atoms with van der Waals surface area (Å²) in [5.74, 6) is 1.07. The lowest BCUT2D eigenvalue weighted by Gasteiger charge is -2.37. The van der Waals surface area contributed by atoms with E-state index in [0.717, 1.165) is 30.9 Å². The summed E-state index contributed by atoms with van der Waals surface area (Å²) in [5.41, 5.74) is 2.15. The Bertz CT molecular complexity index is 1130. The lowest BCUT2D eigenvalue weighted by atomic mass is 10.1. The van der Waals surface area contributed by atoms with Gasteiger partial charge in [0.15, 0.2) is 5.82 Å². The molecule has 1 atom stereocenters. The molecule has 1 aromatic carbocycles. The van der Waals surface area contributed by atoms with E-state index in [1.807, 2.05) is 23.6 Å². The number of benzene rings is 1. The molecule has 0 N–H and O–H groups in total. The first-order chi connectivity index (χ1) is 15.0. The molecule has 5 rings (SSSR count). The first kappa shape index (κ1) is 19.7. The molecule has 2 saturated heterocycles. The number of carbonyl (C=O) groups is 1. The standard InChI is InChI=1S/C21H24FN7O2/c1-13-16-12-15(22)5-6-17(16)24-21(23-13)29-7-3-4-18(29)20(30)28-10-8-27(9-11-28)19-14(2)25-31-26-19/h5-6,12,18H,3-4,7-11H2,1-2H3. The molecule has 9 nitrogen and oxygen atoms in total. The molecule has 0 radical (unpaired) electrons. The van der Waals surface area contributed by atoms with Crippen LogP contribution >= 0.6 is 0 Å². The minimum absolute atomic E-state index is 0.104. The van der Waals surface area contributed by atoms with Crippen LogP contribution in [0.1, 0.15) is 24.2 Å². The molecule has 162 valence electrons. The molecule has 1 unspecified atom stereocenters. The van der Waals surface area contributed by atoms with Gasteiger partial charge < -0.3 is 14.7 Å². The summed E-state index contributed by atoms with van der Waals surface area (Å²) in [6.07, 6.45) is 1.68.